The molecule has 1 heterocycles. The van der Waals surface area contributed by atoms with Crippen LogP contribution in [0.3, 0.4) is 0 Å². The van der Waals surface area contributed by atoms with E-state index in [1.807, 2.05) is 30.3 Å². The number of aromatic nitrogens is 1. The average molecular weight is 413 g/mol. The van der Waals surface area contributed by atoms with Crippen LogP contribution in [-0.4, -0.2) is 17.5 Å². The minimum absolute atomic E-state index is 0.00888. The lowest BCUT2D eigenvalue weighted by Crippen LogP contribution is -2.20. The first-order valence-corrected chi connectivity index (χ1v) is 11.7. The van der Waals surface area contributed by atoms with Gasteiger partial charge in [-0.15, -0.1) is 17.9 Å². The fraction of sp³-hybridized carbons (Fsp3) is 0.500. The van der Waals surface area contributed by atoms with Crippen molar-refractivity contribution in [2.75, 3.05) is 11.9 Å². The summed E-state index contributed by atoms with van der Waals surface area (Å²) in [5, 5.41) is 3.64. The number of hydrogen-bond donors (Lipinski definition) is 1. The largest absolute Gasteiger partial charge is 0.484 e. The van der Waals surface area contributed by atoms with Crippen molar-refractivity contribution in [1.82, 2.24) is 4.98 Å². The lowest BCUT2D eigenvalue weighted by atomic mass is 10.0. The molecule has 156 valence electrons. The molecule has 3 rings (SSSR count). The number of allylic oxidation sites excluding steroid dienone is 1. The molecule has 1 aliphatic rings. The summed E-state index contributed by atoms with van der Waals surface area (Å²) in [5.41, 5.74) is 2.36. The molecule has 1 amide bonds. The van der Waals surface area contributed by atoms with Gasteiger partial charge in [0.25, 0.3) is 5.91 Å². The van der Waals surface area contributed by atoms with Crippen molar-refractivity contribution in [2.45, 2.75) is 70.6 Å². The number of amides is 1. The van der Waals surface area contributed by atoms with E-state index >= 15 is 0 Å². The number of hydrogen-bond acceptors (Lipinski definition) is 4. The fourth-order valence-electron chi connectivity index (χ4n) is 3.66. The number of benzene rings is 1. The summed E-state index contributed by atoms with van der Waals surface area (Å²) >= 11 is 1.64. The van der Waals surface area contributed by atoms with Gasteiger partial charge >= 0.3 is 0 Å². The van der Waals surface area contributed by atoms with Gasteiger partial charge in [-0.3, -0.25) is 10.1 Å². The number of nitrogens with one attached hydrogen (secondary N) is 1. The summed E-state index contributed by atoms with van der Waals surface area (Å²) in [4.78, 5) is 18.4. The number of carbonyl (C=O) groups is 1. The predicted octanol–water partition coefficient (Wildman–Crippen LogP) is 6.11. The molecule has 29 heavy (non-hydrogen) atoms. The number of nitrogens with zero attached hydrogens (tertiary/aromatic N) is 1. The normalized spacial score (nSPS) is 15.4. The number of anilines is 1. The van der Waals surface area contributed by atoms with E-state index in [2.05, 4.69) is 11.9 Å². The second-order valence-electron chi connectivity index (χ2n) is 7.69. The third-order valence-electron chi connectivity index (χ3n) is 5.27. The maximum atomic E-state index is 12.3. The molecule has 4 nitrogen and oxygen atoms in total. The highest BCUT2D eigenvalue weighted by molar-refractivity contribution is 7.15. The highest BCUT2D eigenvalue weighted by Gasteiger charge is 2.14. The summed E-state index contributed by atoms with van der Waals surface area (Å²) < 4.78 is 5.62. The maximum Gasteiger partial charge on any atom is 0.264 e. The molecule has 0 spiro atoms. The molecule has 5 heteroatoms. The van der Waals surface area contributed by atoms with Crippen molar-refractivity contribution >= 4 is 22.4 Å². The number of fused-ring (bicyclic) bond motifs is 1. The molecule has 1 aromatic heterocycles. The molecule has 1 aromatic carbocycles. The topological polar surface area (TPSA) is 51.2 Å². The van der Waals surface area contributed by atoms with Gasteiger partial charge in [-0.25, -0.2) is 4.98 Å². The van der Waals surface area contributed by atoms with Crippen LogP contribution in [0.2, 0.25) is 0 Å². The van der Waals surface area contributed by atoms with Crippen LogP contribution < -0.4 is 10.1 Å². The van der Waals surface area contributed by atoms with Crippen LogP contribution in [0.4, 0.5) is 5.13 Å². The standard InChI is InChI=1S/C24H32N2O2S/c1-2-11-19-14-16-20(17-15-19)28-18-23(27)26-24-25-21-12-9-7-5-3-4-6-8-10-13-22(21)29-24/h2,14-17H,1,3-13,18H2,(H,25,26,27). The fourth-order valence-corrected chi connectivity index (χ4v) is 4.72. The molecule has 0 saturated heterocycles. The highest BCUT2D eigenvalue weighted by atomic mass is 32.1. The van der Waals surface area contributed by atoms with E-state index in [1.165, 1.54) is 67.5 Å². The lowest BCUT2D eigenvalue weighted by molar-refractivity contribution is -0.118. The van der Waals surface area contributed by atoms with Gasteiger partial charge in [-0.05, 0) is 49.8 Å². The first-order chi connectivity index (χ1) is 14.2. The van der Waals surface area contributed by atoms with Gasteiger partial charge in [0.1, 0.15) is 5.75 Å². The molecular weight excluding hydrogens is 380 g/mol. The van der Waals surface area contributed by atoms with Crippen LogP contribution in [0, 0.1) is 0 Å². The summed E-state index contributed by atoms with van der Waals surface area (Å²) in [5.74, 6) is 0.531. The van der Waals surface area contributed by atoms with Crippen LogP contribution in [0.15, 0.2) is 36.9 Å². The van der Waals surface area contributed by atoms with Crippen molar-refractivity contribution in [3.8, 4) is 5.75 Å². The van der Waals surface area contributed by atoms with E-state index in [1.54, 1.807) is 11.3 Å². The van der Waals surface area contributed by atoms with E-state index in [-0.39, 0.29) is 12.5 Å². The molecule has 0 aliphatic heterocycles. The second-order valence-corrected chi connectivity index (χ2v) is 8.77. The van der Waals surface area contributed by atoms with Crippen molar-refractivity contribution in [2.24, 2.45) is 0 Å². The molecule has 1 aliphatic carbocycles. The van der Waals surface area contributed by atoms with E-state index < -0.39 is 0 Å². The van der Waals surface area contributed by atoms with Crippen LogP contribution in [0.1, 0.15) is 67.5 Å². The SMILES string of the molecule is C=CCc1ccc(OCC(=O)Nc2nc3c(s2)CCCCCCCCCC3)cc1. The molecule has 0 atom stereocenters. The molecule has 0 fully saturated rings. The smallest absolute Gasteiger partial charge is 0.264 e. The Bertz CT molecular complexity index is 753. The Labute approximate surface area is 178 Å². The Balaban J connectivity index is 1.52. The Kier molecular flexibility index (Phi) is 8.75. The van der Waals surface area contributed by atoms with Gasteiger partial charge in [-0.1, -0.05) is 56.7 Å². The summed E-state index contributed by atoms with van der Waals surface area (Å²) in [6.07, 6.45) is 15.2. The van der Waals surface area contributed by atoms with Gasteiger partial charge in [0.05, 0.1) is 5.69 Å². The zero-order chi connectivity index (χ0) is 20.3. The van der Waals surface area contributed by atoms with Gasteiger partial charge in [0, 0.05) is 4.88 Å². The van der Waals surface area contributed by atoms with E-state index in [0.29, 0.717) is 10.9 Å². The minimum Gasteiger partial charge on any atom is -0.484 e. The Morgan fingerprint density at radius 1 is 1.03 bits per heavy atom. The third-order valence-corrected chi connectivity index (χ3v) is 6.34. The molecule has 0 bridgehead atoms. The van der Waals surface area contributed by atoms with E-state index in [0.717, 1.165) is 19.3 Å². The van der Waals surface area contributed by atoms with Gasteiger partial charge in [-0.2, -0.15) is 0 Å². The molecule has 2 aromatic rings. The first-order valence-electron chi connectivity index (χ1n) is 10.9. The Morgan fingerprint density at radius 2 is 1.69 bits per heavy atom. The number of carbonyl (C=O) groups excluding carboxylic acids is 1. The van der Waals surface area contributed by atoms with Crippen LogP contribution >= 0.6 is 11.3 Å². The monoisotopic (exact) mass is 412 g/mol. The van der Waals surface area contributed by atoms with Gasteiger partial charge < -0.3 is 4.74 Å². The van der Waals surface area contributed by atoms with Crippen molar-refractivity contribution in [3.63, 3.8) is 0 Å². The van der Waals surface area contributed by atoms with Crippen LogP contribution in [0.5, 0.6) is 5.75 Å². The zero-order valence-corrected chi connectivity index (χ0v) is 18.1. The van der Waals surface area contributed by atoms with Gasteiger partial charge in [0.15, 0.2) is 11.7 Å². The predicted molar refractivity (Wildman–Crippen MR) is 121 cm³/mol. The van der Waals surface area contributed by atoms with Crippen molar-refractivity contribution in [1.29, 1.82) is 0 Å². The first kappa shape index (κ1) is 21.6. The minimum atomic E-state index is -0.162. The molecule has 0 unspecified atom stereocenters. The molecular formula is C24H32N2O2S. The Morgan fingerprint density at radius 3 is 2.38 bits per heavy atom. The van der Waals surface area contributed by atoms with E-state index in [4.69, 9.17) is 9.72 Å². The van der Waals surface area contributed by atoms with E-state index in [9.17, 15) is 4.79 Å². The van der Waals surface area contributed by atoms with Crippen LogP contribution in [-0.2, 0) is 24.1 Å². The molecule has 0 radical (unpaired) electrons. The van der Waals surface area contributed by atoms with Gasteiger partial charge in [0.2, 0.25) is 0 Å². The number of aryl methyl sites for hydroxylation is 2. The third kappa shape index (κ3) is 7.32. The molecule has 1 N–H and O–H groups in total. The van der Waals surface area contributed by atoms with Crippen molar-refractivity contribution < 1.29 is 9.53 Å². The van der Waals surface area contributed by atoms with Crippen LogP contribution in [0.25, 0.3) is 0 Å². The summed E-state index contributed by atoms with van der Waals surface area (Å²) in [7, 11) is 0. The average Bonchev–Trinajstić information content (AvgIpc) is 3.09. The van der Waals surface area contributed by atoms with Crippen molar-refractivity contribution in [3.05, 3.63) is 53.1 Å². The number of thiazole rings is 1. The zero-order valence-electron chi connectivity index (χ0n) is 17.3. The Hall–Kier alpha value is -2.14. The number of ether oxygens (including phenoxy) is 1. The quantitative estimate of drug-likeness (QED) is 0.583. The summed E-state index contributed by atoms with van der Waals surface area (Å²) in [6.45, 7) is 3.73. The maximum absolute atomic E-state index is 12.3. The molecule has 0 saturated carbocycles. The number of rotatable bonds is 6. The lowest BCUT2D eigenvalue weighted by Gasteiger charge is -2.06. The second kappa shape index (κ2) is 11.8. The highest BCUT2D eigenvalue weighted by Crippen LogP contribution is 2.27. The summed E-state index contributed by atoms with van der Waals surface area (Å²) in [6, 6.07) is 7.76.